The molecule has 0 radical (unpaired) electrons. The minimum atomic E-state index is -1.14. The van der Waals surface area contributed by atoms with E-state index in [1.807, 2.05) is 0 Å². The second-order valence-corrected chi connectivity index (χ2v) is 4.31. The van der Waals surface area contributed by atoms with E-state index >= 15 is 0 Å². The van der Waals surface area contributed by atoms with Crippen LogP contribution >= 0.6 is 0 Å². The number of carboxylic acids is 1. The predicted molar refractivity (Wildman–Crippen MR) is 77.5 cm³/mol. The molecule has 0 aromatic carbocycles. The molecule has 5 heteroatoms. The third-order valence-electron chi connectivity index (χ3n) is 2.60. The first-order valence-corrected chi connectivity index (χ1v) is 6.74. The summed E-state index contributed by atoms with van der Waals surface area (Å²) >= 11 is 0. The predicted octanol–water partition coefficient (Wildman–Crippen LogP) is 2.66. The number of hydrogen-bond donors (Lipinski definition) is 1. The number of carbonyl (C=O) groups excluding carboxylic acids is 1. The number of hydrogen-bond acceptors (Lipinski definition) is 3. The van der Waals surface area contributed by atoms with Gasteiger partial charge in [0.1, 0.15) is 0 Å². The van der Waals surface area contributed by atoms with Crippen LogP contribution in [-0.4, -0.2) is 53.2 Å². The van der Waals surface area contributed by atoms with Crippen LogP contribution in [0, 0.1) is 0 Å². The van der Waals surface area contributed by atoms with Gasteiger partial charge in [-0.3, -0.25) is 0 Å². The molecule has 0 aliphatic heterocycles. The molecule has 0 spiro atoms. The van der Waals surface area contributed by atoms with Crippen LogP contribution < -0.4 is 0 Å². The second kappa shape index (κ2) is 15.7. The van der Waals surface area contributed by atoms with Gasteiger partial charge < -0.3 is 9.84 Å². The first kappa shape index (κ1) is 21.0. The Bertz CT molecular complexity index is 264. The van der Waals surface area contributed by atoms with Crippen LogP contribution in [0.25, 0.3) is 0 Å². The fraction of sp³-hybridized carbons (Fsp3) is 0.714. The molecule has 1 N–H and O–H groups in total. The fourth-order valence-electron chi connectivity index (χ4n) is 1.60. The van der Waals surface area contributed by atoms with Crippen molar-refractivity contribution in [1.29, 1.82) is 0 Å². The monoisotopic (exact) mass is 280 g/mol. The van der Waals surface area contributed by atoms with Gasteiger partial charge in [-0.05, 0) is 6.42 Å². The quantitative estimate of drug-likeness (QED) is 0.273. The molecule has 0 aromatic rings. The first-order chi connectivity index (χ1) is 8.66. The van der Waals surface area contributed by atoms with Gasteiger partial charge in [-0.15, -0.1) is 0 Å². The molecule has 0 saturated heterocycles. The summed E-state index contributed by atoms with van der Waals surface area (Å²) in [7, 11) is 0. The van der Waals surface area contributed by atoms with Crippen molar-refractivity contribution in [2.45, 2.75) is 58.3 Å². The van der Waals surface area contributed by atoms with Crippen LogP contribution in [0.1, 0.15) is 58.3 Å². The van der Waals surface area contributed by atoms with E-state index in [1.54, 1.807) is 0 Å². The Morgan fingerprint density at radius 1 is 0.947 bits per heavy atom. The third kappa shape index (κ3) is 17.7. The van der Waals surface area contributed by atoms with E-state index in [-0.39, 0.29) is 29.6 Å². The van der Waals surface area contributed by atoms with E-state index in [4.69, 9.17) is 9.84 Å². The molecule has 0 saturated carbocycles. The Morgan fingerprint density at radius 2 is 1.47 bits per heavy atom. The number of carboxylic acid groups (broad SMARTS) is 1. The molecule has 0 aliphatic rings. The molecule has 4 nitrogen and oxygen atoms in total. The molecular formula is C14H25NaO4. The Balaban J connectivity index is 0. The number of esters is 1. The van der Waals surface area contributed by atoms with E-state index < -0.39 is 11.9 Å². The summed E-state index contributed by atoms with van der Waals surface area (Å²) < 4.78 is 4.85. The van der Waals surface area contributed by atoms with Crippen molar-refractivity contribution in [3.63, 3.8) is 0 Å². The van der Waals surface area contributed by atoms with Gasteiger partial charge in [0.25, 0.3) is 0 Å². The van der Waals surface area contributed by atoms with Crippen LogP contribution in [0.5, 0.6) is 0 Å². The molecule has 0 unspecified atom stereocenters. The molecule has 19 heavy (non-hydrogen) atoms. The normalized spacial score (nSPS) is 10.2. The van der Waals surface area contributed by atoms with Crippen molar-refractivity contribution >= 4 is 41.5 Å². The maximum atomic E-state index is 11.0. The molecule has 0 heterocycles. The number of ether oxygens (including phenoxy) is 1. The Hall–Kier alpha value is -0.320. The van der Waals surface area contributed by atoms with Gasteiger partial charge in [-0.25, -0.2) is 9.59 Å². The summed E-state index contributed by atoms with van der Waals surface area (Å²) in [4.78, 5) is 21.1. The van der Waals surface area contributed by atoms with Gasteiger partial charge in [0.2, 0.25) is 0 Å². The number of carbonyl (C=O) groups is 2. The summed E-state index contributed by atoms with van der Waals surface area (Å²) in [5, 5.41) is 8.30. The zero-order valence-electron chi connectivity index (χ0n) is 11.2. The molecule has 0 amide bonds. The van der Waals surface area contributed by atoms with E-state index in [0.29, 0.717) is 6.61 Å². The third-order valence-corrected chi connectivity index (χ3v) is 2.60. The Kier molecular flexibility index (Phi) is 17.4. The summed E-state index contributed by atoms with van der Waals surface area (Å²) in [5.74, 6) is -1.72. The van der Waals surface area contributed by atoms with Gasteiger partial charge in [0.05, 0.1) is 6.61 Å². The molecule has 0 rings (SSSR count). The van der Waals surface area contributed by atoms with Gasteiger partial charge >= 0.3 is 41.5 Å². The zero-order chi connectivity index (χ0) is 13.6. The SMILES string of the molecule is CCCCCCCCCCOC(=O)/C=C\C(=O)O.[NaH]. The number of unbranched alkanes of at least 4 members (excludes halogenated alkanes) is 7. The number of rotatable bonds is 11. The van der Waals surface area contributed by atoms with Crippen molar-refractivity contribution in [2.24, 2.45) is 0 Å². The first-order valence-electron chi connectivity index (χ1n) is 6.74. The summed E-state index contributed by atoms with van der Waals surface area (Å²) in [6, 6.07) is 0. The van der Waals surface area contributed by atoms with Gasteiger partial charge in [0, 0.05) is 12.2 Å². The van der Waals surface area contributed by atoms with Crippen LogP contribution in [0.15, 0.2) is 12.2 Å². The molecule has 0 aliphatic carbocycles. The van der Waals surface area contributed by atoms with Crippen LogP contribution in [0.4, 0.5) is 0 Å². The molecular weight excluding hydrogens is 255 g/mol. The molecule has 0 atom stereocenters. The van der Waals surface area contributed by atoms with Crippen molar-refractivity contribution in [3.05, 3.63) is 12.2 Å². The van der Waals surface area contributed by atoms with Crippen LogP contribution in [0.3, 0.4) is 0 Å². The maximum absolute atomic E-state index is 11.0. The van der Waals surface area contributed by atoms with Crippen molar-refractivity contribution in [2.75, 3.05) is 6.61 Å². The second-order valence-electron chi connectivity index (χ2n) is 4.31. The van der Waals surface area contributed by atoms with Crippen molar-refractivity contribution in [1.82, 2.24) is 0 Å². The Labute approximate surface area is 137 Å². The average Bonchev–Trinajstić information content (AvgIpc) is 2.34. The molecule has 0 aromatic heterocycles. The standard InChI is InChI=1S/C14H24O4.Na.H/c1-2-3-4-5-6-7-8-9-12-18-14(17)11-10-13(15)16;;/h10-11H,2-9,12H2,1H3,(H,15,16);;/b11-10-;;. The molecule has 0 bridgehead atoms. The van der Waals surface area contributed by atoms with Gasteiger partial charge in [-0.2, -0.15) is 0 Å². The summed E-state index contributed by atoms with van der Waals surface area (Å²) in [6.07, 6.45) is 11.2. The molecule has 0 fully saturated rings. The number of aliphatic carboxylic acids is 1. The van der Waals surface area contributed by atoms with E-state index in [2.05, 4.69) is 6.92 Å². The summed E-state index contributed by atoms with van der Waals surface area (Å²) in [5.41, 5.74) is 0. The van der Waals surface area contributed by atoms with Crippen molar-refractivity contribution in [3.8, 4) is 0 Å². The molecule has 106 valence electrons. The van der Waals surface area contributed by atoms with Gasteiger partial charge in [0.15, 0.2) is 0 Å². The van der Waals surface area contributed by atoms with Crippen LogP contribution in [-0.2, 0) is 14.3 Å². The van der Waals surface area contributed by atoms with E-state index in [9.17, 15) is 9.59 Å². The average molecular weight is 280 g/mol. The van der Waals surface area contributed by atoms with Crippen LogP contribution in [0.2, 0.25) is 0 Å². The topological polar surface area (TPSA) is 63.6 Å². The zero-order valence-corrected chi connectivity index (χ0v) is 11.2. The van der Waals surface area contributed by atoms with E-state index in [1.165, 1.54) is 38.5 Å². The Morgan fingerprint density at radius 3 is 2.00 bits per heavy atom. The van der Waals surface area contributed by atoms with Crippen molar-refractivity contribution < 1.29 is 19.4 Å². The summed E-state index contributed by atoms with van der Waals surface area (Å²) in [6.45, 7) is 2.57. The minimum absolute atomic E-state index is 0. The van der Waals surface area contributed by atoms with E-state index in [0.717, 1.165) is 25.0 Å². The van der Waals surface area contributed by atoms with Gasteiger partial charge in [-0.1, -0.05) is 51.9 Å². The fourth-order valence-corrected chi connectivity index (χ4v) is 1.60.